The average Bonchev–Trinajstić information content (AvgIpc) is 3.44. The van der Waals surface area contributed by atoms with Crippen LogP contribution in [0.3, 0.4) is 0 Å². The van der Waals surface area contributed by atoms with Gasteiger partial charge in [0.05, 0.1) is 17.5 Å². The second-order valence-electron chi connectivity index (χ2n) is 14.0. The zero-order valence-electron chi connectivity index (χ0n) is 26.8. The van der Waals surface area contributed by atoms with Crippen LogP contribution >= 0.6 is 34.8 Å². The van der Waals surface area contributed by atoms with E-state index >= 15 is 0 Å². The number of imide groups is 2. The molecule has 8 nitrogen and oxygen atoms in total. The number of phenols is 1. The van der Waals surface area contributed by atoms with E-state index in [0.29, 0.717) is 24.0 Å². The molecule has 0 aromatic heterocycles. The van der Waals surface area contributed by atoms with Crippen LogP contribution in [-0.4, -0.2) is 67.4 Å². The van der Waals surface area contributed by atoms with Gasteiger partial charge in [0, 0.05) is 36.6 Å². The number of anilines is 1. The number of aromatic hydroxyl groups is 1. The second kappa shape index (κ2) is 12.2. The third kappa shape index (κ3) is 4.88. The number of alkyl halides is 2. The number of rotatable bonds is 5. The third-order valence-electron chi connectivity index (χ3n) is 11.4. The summed E-state index contributed by atoms with van der Waals surface area (Å²) in [6, 6.07) is 19.0. The van der Waals surface area contributed by atoms with E-state index in [0.717, 1.165) is 36.7 Å². The maximum atomic E-state index is 14.5. The number of hydrogen-bond acceptors (Lipinski definition) is 6. The Hall–Kier alpha value is -3.76. The van der Waals surface area contributed by atoms with Crippen molar-refractivity contribution >= 4 is 64.1 Å². The average molecular weight is 737 g/mol. The van der Waals surface area contributed by atoms with Gasteiger partial charge in [-0.05, 0) is 79.1 Å². The summed E-state index contributed by atoms with van der Waals surface area (Å²) in [5.41, 5.74) is 2.25. The van der Waals surface area contributed by atoms with E-state index in [2.05, 4.69) is 17.0 Å². The first-order valence-electron chi connectivity index (χ1n) is 16.8. The van der Waals surface area contributed by atoms with Crippen molar-refractivity contribution in [2.24, 2.45) is 17.8 Å². The summed E-state index contributed by atoms with van der Waals surface area (Å²) in [4.78, 5) is 58.0. The number of hydrogen-bond donors (Lipinski definition) is 1. The van der Waals surface area contributed by atoms with Gasteiger partial charge >= 0.3 is 0 Å². The van der Waals surface area contributed by atoms with Crippen LogP contribution in [0, 0.1) is 23.6 Å². The highest BCUT2D eigenvalue weighted by Crippen LogP contribution is 2.66. The van der Waals surface area contributed by atoms with Crippen LogP contribution in [0.1, 0.15) is 42.7 Å². The van der Waals surface area contributed by atoms with Gasteiger partial charge in [-0.3, -0.25) is 29.0 Å². The van der Waals surface area contributed by atoms with E-state index in [4.69, 9.17) is 34.8 Å². The van der Waals surface area contributed by atoms with Crippen LogP contribution in [0.4, 0.5) is 10.1 Å². The summed E-state index contributed by atoms with van der Waals surface area (Å²) < 4.78 is 13.9. The number of carbonyl (C=O) groups excluding carboxylic acids is 4. The Balaban J connectivity index is 1.15. The molecular formula is C38H33Cl3FN3O5. The first kappa shape index (κ1) is 33.4. The molecule has 4 fully saturated rings. The van der Waals surface area contributed by atoms with Gasteiger partial charge in [0.2, 0.25) is 11.8 Å². The number of fused-ring (bicyclic) bond motifs is 4. The molecule has 4 amide bonds. The standard InChI is InChI=1S/C38H33Cl3FN3O5/c39-30-18-25(46)10-11-27(30)32-26-12-13-28-31(34(48)44(33(28)47)24-14-16-43(17-15-24)20-21-4-2-1-3-5-21)29(26)19-37(40)35(49)45(36(50)38(32,37)41)23-8-6-22(42)7-9-23/h1-12,18,24,28-29,31-32,46H,13-17,19-20H2. The van der Waals surface area contributed by atoms with Gasteiger partial charge in [-0.15, -0.1) is 23.2 Å². The van der Waals surface area contributed by atoms with E-state index in [-0.39, 0.29) is 47.2 Å². The van der Waals surface area contributed by atoms with Gasteiger partial charge in [-0.2, -0.15) is 0 Å². The summed E-state index contributed by atoms with van der Waals surface area (Å²) in [5.74, 6) is -6.09. The number of phenolic OH excluding ortho intramolecular Hbond substituents is 1. The number of piperidine rings is 1. The number of carbonyl (C=O) groups is 4. The first-order valence-corrected chi connectivity index (χ1v) is 17.9. The quantitative estimate of drug-likeness (QED) is 0.185. The molecule has 12 heteroatoms. The van der Waals surface area contributed by atoms with Crippen molar-refractivity contribution in [1.29, 1.82) is 0 Å². The number of amides is 4. The van der Waals surface area contributed by atoms with Gasteiger partial charge in [-0.25, -0.2) is 9.29 Å². The smallest absolute Gasteiger partial charge is 0.258 e. The lowest BCUT2D eigenvalue weighted by atomic mass is 9.56. The zero-order chi connectivity index (χ0) is 35.1. The topological polar surface area (TPSA) is 98.2 Å². The Morgan fingerprint density at radius 1 is 0.860 bits per heavy atom. The maximum Gasteiger partial charge on any atom is 0.258 e. The molecule has 0 bridgehead atoms. The Morgan fingerprint density at radius 3 is 2.24 bits per heavy atom. The van der Waals surface area contributed by atoms with E-state index < -0.39 is 51.1 Å². The lowest BCUT2D eigenvalue weighted by molar-refractivity contribution is -0.144. The minimum absolute atomic E-state index is 0.0934. The molecule has 2 aliphatic carbocycles. The SMILES string of the molecule is O=C1C2CC=C3C(CC4(Cl)C(=O)N(c5ccc(F)cc5)C(=O)C4(Cl)C3c3ccc(O)cc3Cl)C2C(=O)N1C1CCN(Cc2ccccc2)CC1. The highest BCUT2D eigenvalue weighted by Gasteiger charge is 2.77. The molecule has 8 rings (SSSR count). The Bertz CT molecular complexity index is 1950. The molecule has 1 N–H and O–H groups in total. The van der Waals surface area contributed by atoms with Gasteiger partial charge in [0.15, 0.2) is 9.75 Å². The number of halogens is 4. The molecule has 1 saturated carbocycles. The van der Waals surface area contributed by atoms with Crippen molar-refractivity contribution in [2.45, 2.75) is 53.9 Å². The van der Waals surface area contributed by atoms with Crippen LogP contribution in [0.2, 0.25) is 5.02 Å². The fourth-order valence-corrected chi connectivity index (χ4v) is 10.3. The predicted molar refractivity (Wildman–Crippen MR) is 186 cm³/mol. The summed E-state index contributed by atoms with van der Waals surface area (Å²) >= 11 is 21.5. The Labute approximate surface area is 303 Å². The minimum atomic E-state index is -2.10. The minimum Gasteiger partial charge on any atom is -0.508 e. The largest absolute Gasteiger partial charge is 0.508 e. The molecule has 3 saturated heterocycles. The molecule has 50 heavy (non-hydrogen) atoms. The normalized spacial score (nSPS) is 31.5. The molecule has 0 radical (unpaired) electrons. The molecule has 3 aromatic rings. The molecule has 258 valence electrons. The molecular weight excluding hydrogens is 704 g/mol. The van der Waals surface area contributed by atoms with Crippen LogP contribution in [0.5, 0.6) is 5.75 Å². The van der Waals surface area contributed by atoms with Crippen molar-refractivity contribution in [1.82, 2.24) is 9.80 Å². The monoisotopic (exact) mass is 735 g/mol. The number of likely N-dealkylation sites (tertiary alicyclic amines) is 2. The fourth-order valence-electron chi connectivity index (χ4n) is 9.06. The van der Waals surface area contributed by atoms with Crippen LogP contribution in [-0.2, 0) is 25.7 Å². The number of allylic oxidation sites excluding steroid dienone is 2. The van der Waals surface area contributed by atoms with Gasteiger partial charge in [-0.1, -0.05) is 59.6 Å². The maximum absolute atomic E-state index is 14.5. The first-order chi connectivity index (χ1) is 23.9. The van der Waals surface area contributed by atoms with Crippen molar-refractivity contribution in [3.8, 4) is 5.75 Å². The van der Waals surface area contributed by atoms with Gasteiger partial charge < -0.3 is 5.11 Å². The van der Waals surface area contributed by atoms with Crippen molar-refractivity contribution in [2.75, 3.05) is 18.0 Å². The molecule has 3 aromatic carbocycles. The molecule has 0 spiro atoms. The van der Waals surface area contributed by atoms with Crippen LogP contribution < -0.4 is 4.90 Å². The Morgan fingerprint density at radius 2 is 1.56 bits per heavy atom. The highest BCUT2D eigenvalue weighted by molar-refractivity contribution is 6.58. The summed E-state index contributed by atoms with van der Waals surface area (Å²) in [6.45, 7) is 2.25. The summed E-state index contributed by atoms with van der Waals surface area (Å²) in [5, 5.41) is 10.3. The lowest BCUT2D eigenvalue weighted by Gasteiger charge is -2.51. The fraction of sp³-hybridized carbons (Fsp3) is 0.368. The number of nitrogens with zero attached hydrogens (tertiary/aromatic N) is 3. The van der Waals surface area contributed by atoms with Gasteiger partial charge in [0.1, 0.15) is 11.6 Å². The molecule has 6 atom stereocenters. The highest BCUT2D eigenvalue weighted by atomic mass is 35.5. The molecule has 5 aliphatic rings. The van der Waals surface area contributed by atoms with Crippen LogP contribution in [0.25, 0.3) is 0 Å². The van der Waals surface area contributed by atoms with Gasteiger partial charge in [0.25, 0.3) is 11.8 Å². The summed E-state index contributed by atoms with van der Waals surface area (Å²) in [7, 11) is 0. The van der Waals surface area contributed by atoms with E-state index in [9.17, 15) is 28.7 Å². The zero-order valence-corrected chi connectivity index (χ0v) is 29.0. The Kier molecular flexibility index (Phi) is 8.14. The second-order valence-corrected chi connectivity index (χ2v) is 15.6. The van der Waals surface area contributed by atoms with Crippen molar-refractivity contribution in [3.63, 3.8) is 0 Å². The van der Waals surface area contributed by atoms with Crippen LogP contribution in [0.15, 0.2) is 84.4 Å². The van der Waals surface area contributed by atoms with E-state index in [1.807, 2.05) is 24.3 Å². The lowest BCUT2D eigenvalue weighted by Crippen LogP contribution is -2.60. The summed E-state index contributed by atoms with van der Waals surface area (Å²) in [6.07, 6.45) is 3.20. The predicted octanol–water partition coefficient (Wildman–Crippen LogP) is 6.41. The molecule has 3 heterocycles. The number of benzene rings is 3. The molecule has 6 unspecified atom stereocenters. The van der Waals surface area contributed by atoms with E-state index in [1.165, 1.54) is 40.8 Å². The third-order valence-corrected chi connectivity index (χ3v) is 13.1. The van der Waals surface area contributed by atoms with E-state index in [1.54, 1.807) is 0 Å². The van der Waals surface area contributed by atoms with Crippen molar-refractivity contribution < 1.29 is 28.7 Å². The molecule has 3 aliphatic heterocycles. The van der Waals surface area contributed by atoms with Crippen molar-refractivity contribution in [3.05, 3.63) is 106 Å².